The molecular weight excluding hydrogens is 380 g/mol. The Morgan fingerprint density at radius 1 is 1.00 bits per heavy atom. The summed E-state index contributed by atoms with van der Waals surface area (Å²) in [5.74, 6) is 1.71. The molecule has 7 heteroatoms. The fourth-order valence-corrected chi connectivity index (χ4v) is 4.72. The van der Waals surface area contributed by atoms with Crippen molar-refractivity contribution in [1.82, 2.24) is 5.32 Å². The first kappa shape index (κ1) is 21.2. The molecule has 28 heavy (non-hydrogen) atoms. The second-order valence-corrected chi connectivity index (χ2v) is 8.13. The maximum Gasteiger partial charge on any atom is 0.227 e. The number of nitrogens with two attached hydrogens (primary N) is 1. The van der Waals surface area contributed by atoms with Crippen LogP contribution in [-0.4, -0.2) is 45.4 Å². The third-order valence-electron chi connectivity index (χ3n) is 6.62. The Balaban J connectivity index is 0.00000225. The van der Waals surface area contributed by atoms with Crippen molar-refractivity contribution in [3.63, 3.8) is 0 Å². The van der Waals surface area contributed by atoms with Crippen molar-refractivity contribution < 1.29 is 19.0 Å². The SMILES string of the molecule is Cl.NCC1(C(=O)NCC2(c3ccc4c(c3)OCCO4)CCCC2)CCOCC1. The van der Waals surface area contributed by atoms with Crippen molar-refractivity contribution in [2.24, 2.45) is 11.1 Å². The van der Waals surface area contributed by atoms with Gasteiger partial charge in [-0.15, -0.1) is 12.4 Å². The molecule has 2 aliphatic heterocycles. The van der Waals surface area contributed by atoms with Gasteiger partial charge in [-0.3, -0.25) is 4.79 Å². The molecule has 1 aromatic carbocycles. The van der Waals surface area contributed by atoms with Crippen molar-refractivity contribution in [3.8, 4) is 11.5 Å². The predicted molar refractivity (Wildman–Crippen MR) is 109 cm³/mol. The van der Waals surface area contributed by atoms with Gasteiger partial charge in [-0.25, -0.2) is 0 Å². The van der Waals surface area contributed by atoms with Crippen LogP contribution in [0.25, 0.3) is 0 Å². The molecule has 1 saturated carbocycles. The fraction of sp³-hybridized carbons (Fsp3) is 0.667. The third kappa shape index (κ3) is 3.95. The van der Waals surface area contributed by atoms with E-state index >= 15 is 0 Å². The Morgan fingerprint density at radius 3 is 2.36 bits per heavy atom. The number of ether oxygens (including phenoxy) is 3. The highest BCUT2D eigenvalue weighted by Gasteiger charge is 2.42. The largest absolute Gasteiger partial charge is 0.486 e. The van der Waals surface area contributed by atoms with Crippen molar-refractivity contribution in [3.05, 3.63) is 23.8 Å². The van der Waals surface area contributed by atoms with Crippen molar-refractivity contribution >= 4 is 18.3 Å². The number of carbonyl (C=O) groups excluding carboxylic acids is 1. The predicted octanol–water partition coefficient (Wildman–Crippen LogP) is 2.56. The molecule has 1 aliphatic carbocycles. The third-order valence-corrected chi connectivity index (χ3v) is 6.62. The van der Waals surface area contributed by atoms with Crippen LogP contribution in [0.5, 0.6) is 11.5 Å². The Kier molecular flexibility index (Phi) is 6.73. The summed E-state index contributed by atoms with van der Waals surface area (Å²) in [6.07, 6.45) is 5.91. The number of carbonyl (C=O) groups is 1. The van der Waals surface area contributed by atoms with Crippen LogP contribution < -0.4 is 20.5 Å². The zero-order valence-corrected chi connectivity index (χ0v) is 17.2. The standard InChI is InChI=1S/C21H30N2O4.ClH/c22-14-20(7-9-25-10-8-20)19(24)23-15-21(5-1-2-6-21)16-3-4-17-18(13-16)27-12-11-26-17;/h3-4,13H,1-2,5-12,14-15,22H2,(H,23,24);1H. The van der Waals surface area contributed by atoms with E-state index in [0.29, 0.717) is 52.4 Å². The van der Waals surface area contributed by atoms with Gasteiger partial charge in [0.05, 0.1) is 5.41 Å². The van der Waals surface area contributed by atoms with Gasteiger partial charge in [0.1, 0.15) is 13.2 Å². The summed E-state index contributed by atoms with van der Waals surface area (Å²) in [6, 6.07) is 6.25. The Morgan fingerprint density at radius 2 is 1.68 bits per heavy atom. The van der Waals surface area contributed by atoms with Gasteiger partial charge >= 0.3 is 0 Å². The van der Waals surface area contributed by atoms with Gasteiger partial charge < -0.3 is 25.3 Å². The van der Waals surface area contributed by atoms with Crippen molar-refractivity contribution in [2.45, 2.75) is 43.9 Å². The molecule has 156 valence electrons. The summed E-state index contributed by atoms with van der Waals surface area (Å²) < 4.78 is 16.9. The quantitative estimate of drug-likeness (QED) is 0.779. The van der Waals surface area contributed by atoms with Crippen LogP contribution in [0.2, 0.25) is 0 Å². The van der Waals surface area contributed by atoms with E-state index in [2.05, 4.69) is 17.4 Å². The molecule has 0 unspecified atom stereocenters. The molecule has 1 amide bonds. The zero-order valence-electron chi connectivity index (χ0n) is 16.3. The van der Waals surface area contributed by atoms with Gasteiger partial charge in [0.2, 0.25) is 5.91 Å². The lowest BCUT2D eigenvalue weighted by molar-refractivity contribution is -0.136. The van der Waals surface area contributed by atoms with Gasteiger partial charge in [-0.05, 0) is 43.4 Å². The van der Waals surface area contributed by atoms with Crippen molar-refractivity contribution in [1.29, 1.82) is 0 Å². The number of hydrogen-bond donors (Lipinski definition) is 2. The fourth-order valence-electron chi connectivity index (χ4n) is 4.72. The smallest absolute Gasteiger partial charge is 0.227 e. The average Bonchev–Trinajstić information content (AvgIpc) is 3.22. The molecule has 1 saturated heterocycles. The molecule has 3 aliphatic rings. The van der Waals surface area contributed by atoms with Gasteiger partial charge in [0.15, 0.2) is 11.5 Å². The van der Waals surface area contributed by atoms with Crippen LogP contribution in [0.15, 0.2) is 18.2 Å². The molecule has 2 heterocycles. The number of amides is 1. The Labute approximate surface area is 172 Å². The van der Waals surface area contributed by atoms with Gasteiger partial charge in [0, 0.05) is 31.7 Å². The van der Waals surface area contributed by atoms with E-state index in [1.54, 1.807) is 0 Å². The minimum absolute atomic E-state index is 0. The summed E-state index contributed by atoms with van der Waals surface area (Å²) in [5, 5.41) is 3.26. The average molecular weight is 411 g/mol. The summed E-state index contributed by atoms with van der Waals surface area (Å²) in [5.41, 5.74) is 6.71. The molecule has 4 rings (SSSR count). The van der Waals surface area contributed by atoms with Gasteiger partial charge in [0.25, 0.3) is 0 Å². The summed E-state index contributed by atoms with van der Waals surface area (Å²) in [7, 11) is 0. The van der Waals surface area contributed by atoms with Crippen LogP contribution >= 0.6 is 12.4 Å². The highest BCUT2D eigenvalue weighted by Crippen LogP contribution is 2.44. The van der Waals surface area contributed by atoms with Gasteiger partial charge in [-0.1, -0.05) is 18.9 Å². The molecule has 1 aromatic rings. The normalized spacial score (nSPS) is 22.2. The molecule has 0 aromatic heterocycles. The monoisotopic (exact) mass is 410 g/mol. The maximum atomic E-state index is 13.0. The van der Waals surface area contributed by atoms with Crippen LogP contribution in [0.1, 0.15) is 44.1 Å². The number of nitrogens with one attached hydrogen (secondary N) is 1. The number of rotatable bonds is 5. The second kappa shape index (κ2) is 8.89. The minimum atomic E-state index is -0.481. The molecule has 0 spiro atoms. The molecule has 2 fully saturated rings. The lowest BCUT2D eigenvalue weighted by Crippen LogP contribution is -2.51. The lowest BCUT2D eigenvalue weighted by Gasteiger charge is -2.37. The highest BCUT2D eigenvalue weighted by molar-refractivity contribution is 5.85. The zero-order chi connectivity index (χ0) is 18.7. The molecule has 0 atom stereocenters. The molecule has 3 N–H and O–H groups in total. The number of fused-ring (bicyclic) bond motifs is 1. The van der Waals surface area contributed by atoms with E-state index in [1.165, 1.54) is 18.4 Å². The molecule has 0 bridgehead atoms. The van der Waals surface area contributed by atoms with E-state index in [4.69, 9.17) is 19.9 Å². The van der Waals surface area contributed by atoms with Crippen LogP contribution in [-0.2, 0) is 14.9 Å². The minimum Gasteiger partial charge on any atom is -0.486 e. The number of hydrogen-bond acceptors (Lipinski definition) is 5. The van der Waals surface area contributed by atoms with Crippen LogP contribution in [0.3, 0.4) is 0 Å². The van der Waals surface area contributed by atoms with Crippen LogP contribution in [0, 0.1) is 5.41 Å². The first-order chi connectivity index (χ1) is 13.2. The molecule has 0 radical (unpaired) electrons. The summed E-state index contributed by atoms with van der Waals surface area (Å²) >= 11 is 0. The van der Waals surface area contributed by atoms with E-state index in [9.17, 15) is 4.79 Å². The summed E-state index contributed by atoms with van der Waals surface area (Å²) in [6.45, 7) is 3.42. The van der Waals surface area contributed by atoms with E-state index in [1.807, 2.05) is 6.07 Å². The highest BCUT2D eigenvalue weighted by atomic mass is 35.5. The van der Waals surface area contributed by atoms with Crippen LogP contribution in [0.4, 0.5) is 0 Å². The van der Waals surface area contributed by atoms with Crippen molar-refractivity contribution in [2.75, 3.05) is 39.5 Å². The lowest BCUT2D eigenvalue weighted by atomic mass is 9.76. The molecule has 6 nitrogen and oxygen atoms in total. The first-order valence-electron chi connectivity index (χ1n) is 10.1. The number of halogens is 1. The first-order valence-corrected chi connectivity index (χ1v) is 10.1. The molecular formula is C21H31ClN2O4. The summed E-state index contributed by atoms with van der Waals surface area (Å²) in [4.78, 5) is 13.0. The van der Waals surface area contributed by atoms with E-state index < -0.39 is 5.41 Å². The Bertz CT molecular complexity index is 685. The second-order valence-electron chi connectivity index (χ2n) is 8.13. The van der Waals surface area contributed by atoms with Gasteiger partial charge in [-0.2, -0.15) is 0 Å². The number of benzene rings is 1. The van der Waals surface area contributed by atoms with E-state index in [0.717, 1.165) is 24.3 Å². The Hall–Kier alpha value is -1.50. The van der Waals surface area contributed by atoms with E-state index in [-0.39, 0.29) is 23.7 Å². The maximum absolute atomic E-state index is 13.0. The topological polar surface area (TPSA) is 82.8 Å².